The van der Waals surface area contributed by atoms with Crippen LogP contribution >= 0.6 is 12.6 Å². The predicted molar refractivity (Wildman–Crippen MR) is 34.6 cm³/mol. The molecule has 0 aliphatic heterocycles. The Morgan fingerprint density at radius 2 is 2.12 bits per heavy atom. The van der Waals surface area contributed by atoms with Crippen LogP contribution in [0.2, 0.25) is 0 Å². The summed E-state index contributed by atoms with van der Waals surface area (Å²) in [4.78, 5) is 0. The average molecular weight is 156 g/mol. The number of hydrogen-bond donors (Lipinski definition) is 1. The van der Waals surface area contributed by atoms with E-state index >= 15 is 0 Å². The van der Waals surface area contributed by atoms with Gasteiger partial charge in [0, 0.05) is 5.75 Å². The summed E-state index contributed by atoms with van der Waals surface area (Å²) in [6.45, 7) is 0.155. The van der Waals surface area contributed by atoms with Crippen LogP contribution in [0.3, 0.4) is 0 Å². The van der Waals surface area contributed by atoms with E-state index in [2.05, 4.69) is 16.8 Å². The molecular formula is C3H8O3S2. The molecule has 0 atom stereocenters. The molecule has 0 unspecified atom stereocenters. The summed E-state index contributed by atoms with van der Waals surface area (Å²) in [6, 6.07) is 0. The van der Waals surface area contributed by atoms with Crippen molar-refractivity contribution in [2.45, 2.75) is 0 Å². The van der Waals surface area contributed by atoms with Gasteiger partial charge in [-0.1, -0.05) is 0 Å². The van der Waals surface area contributed by atoms with E-state index in [1.165, 1.54) is 0 Å². The van der Waals surface area contributed by atoms with Crippen LogP contribution in [0.5, 0.6) is 0 Å². The fraction of sp³-hybridized carbons (Fsp3) is 1.00. The minimum atomic E-state index is -3.24. The highest BCUT2D eigenvalue weighted by Crippen LogP contribution is 1.85. The molecule has 5 heteroatoms. The van der Waals surface area contributed by atoms with E-state index in [0.717, 1.165) is 6.26 Å². The summed E-state index contributed by atoms with van der Waals surface area (Å²) < 4.78 is 24.5. The van der Waals surface area contributed by atoms with Gasteiger partial charge in [-0.2, -0.15) is 21.0 Å². The molecule has 0 aliphatic carbocycles. The Morgan fingerprint density at radius 1 is 1.62 bits per heavy atom. The smallest absolute Gasteiger partial charge is 0.264 e. The molecule has 0 fully saturated rings. The van der Waals surface area contributed by atoms with E-state index in [1.54, 1.807) is 0 Å². The van der Waals surface area contributed by atoms with E-state index in [4.69, 9.17) is 0 Å². The van der Waals surface area contributed by atoms with Gasteiger partial charge in [-0.25, -0.2) is 0 Å². The molecule has 50 valence electrons. The molecule has 0 amide bonds. The summed E-state index contributed by atoms with van der Waals surface area (Å²) in [5, 5.41) is 0. The van der Waals surface area contributed by atoms with Crippen LogP contribution in [0.1, 0.15) is 0 Å². The van der Waals surface area contributed by atoms with Gasteiger partial charge in [0.15, 0.2) is 0 Å². The Balaban J connectivity index is 3.42. The van der Waals surface area contributed by atoms with Gasteiger partial charge in [-0.15, -0.1) is 0 Å². The lowest BCUT2D eigenvalue weighted by molar-refractivity contribution is 0.346. The Morgan fingerprint density at radius 3 is 2.25 bits per heavy atom. The molecule has 0 aromatic heterocycles. The van der Waals surface area contributed by atoms with Crippen molar-refractivity contribution in [2.75, 3.05) is 18.6 Å². The normalized spacial score (nSPS) is 11.8. The van der Waals surface area contributed by atoms with Gasteiger partial charge in [-0.05, 0) is 0 Å². The largest absolute Gasteiger partial charge is 0.269 e. The highest BCUT2D eigenvalue weighted by atomic mass is 32.2. The fourth-order valence-corrected chi connectivity index (χ4v) is 0.790. The Labute approximate surface area is 54.6 Å². The van der Waals surface area contributed by atoms with Crippen molar-refractivity contribution < 1.29 is 12.6 Å². The van der Waals surface area contributed by atoms with E-state index in [9.17, 15) is 8.42 Å². The van der Waals surface area contributed by atoms with E-state index in [0.29, 0.717) is 5.75 Å². The molecule has 0 saturated heterocycles. The molecule has 0 heterocycles. The zero-order valence-electron chi connectivity index (χ0n) is 4.49. The summed E-state index contributed by atoms with van der Waals surface area (Å²) in [7, 11) is -3.24. The molecule has 3 nitrogen and oxygen atoms in total. The van der Waals surface area contributed by atoms with Crippen molar-refractivity contribution in [3.8, 4) is 0 Å². The summed E-state index contributed by atoms with van der Waals surface area (Å²) in [6.07, 6.45) is 1.01. The Bertz CT molecular complexity index is 137. The lowest BCUT2D eigenvalue weighted by atomic mass is 10.9. The first-order valence-electron chi connectivity index (χ1n) is 2.01. The molecule has 0 aromatic rings. The molecule has 0 radical (unpaired) electrons. The number of thiol groups is 1. The lowest BCUT2D eigenvalue weighted by Gasteiger charge is -1.93. The number of hydrogen-bond acceptors (Lipinski definition) is 4. The van der Waals surface area contributed by atoms with E-state index < -0.39 is 10.1 Å². The van der Waals surface area contributed by atoms with Crippen LogP contribution in [0.15, 0.2) is 0 Å². The zero-order chi connectivity index (χ0) is 6.62. The Hall–Kier alpha value is 0.260. The summed E-state index contributed by atoms with van der Waals surface area (Å²) in [5.74, 6) is 0.424. The van der Waals surface area contributed by atoms with Crippen LogP contribution in [0.4, 0.5) is 0 Å². The second kappa shape index (κ2) is 3.32. The zero-order valence-corrected chi connectivity index (χ0v) is 6.21. The van der Waals surface area contributed by atoms with Gasteiger partial charge < -0.3 is 0 Å². The monoisotopic (exact) mass is 156 g/mol. The van der Waals surface area contributed by atoms with Gasteiger partial charge in [-0.3, -0.25) is 4.18 Å². The van der Waals surface area contributed by atoms with Gasteiger partial charge >= 0.3 is 0 Å². The Kier molecular flexibility index (Phi) is 3.43. The molecule has 0 aliphatic rings. The molecule has 0 spiro atoms. The topological polar surface area (TPSA) is 43.4 Å². The molecule has 0 aromatic carbocycles. The van der Waals surface area contributed by atoms with Crippen molar-refractivity contribution in [2.24, 2.45) is 0 Å². The minimum absolute atomic E-state index is 0.155. The molecule has 0 bridgehead atoms. The van der Waals surface area contributed by atoms with Crippen molar-refractivity contribution in [1.29, 1.82) is 0 Å². The van der Waals surface area contributed by atoms with Crippen LogP contribution in [-0.4, -0.2) is 27.0 Å². The SMILES string of the molecule is CS(=O)(=O)OCCS. The highest BCUT2D eigenvalue weighted by molar-refractivity contribution is 7.86. The predicted octanol–water partition coefficient (Wildman–Crippen LogP) is -0.108. The van der Waals surface area contributed by atoms with Crippen molar-refractivity contribution >= 4 is 22.7 Å². The van der Waals surface area contributed by atoms with Crippen molar-refractivity contribution in [3.05, 3.63) is 0 Å². The van der Waals surface area contributed by atoms with E-state index in [-0.39, 0.29) is 6.61 Å². The second-order valence-corrected chi connectivity index (χ2v) is 3.34. The molecule has 0 rings (SSSR count). The molecule has 8 heavy (non-hydrogen) atoms. The van der Waals surface area contributed by atoms with Gasteiger partial charge in [0.05, 0.1) is 12.9 Å². The minimum Gasteiger partial charge on any atom is -0.269 e. The van der Waals surface area contributed by atoms with Crippen molar-refractivity contribution in [3.63, 3.8) is 0 Å². The number of rotatable bonds is 3. The third-order valence-electron chi connectivity index (χ3n) is 0.389. The summed E-state index contributed by atoms with van der Waals surface area (Å²) >= 11 is 3.74. The second-order valence-electron chi connectivity index (χ2n) is 1.25. The van der Waals surface area contributed by atoms with Crippen LogP contribution in [-0.2, 0) is 14.3 Å². The third-order valence-corrected chi connectivity index (χ3v) is 1.17. The quantitative estimate of drug-likeness (QED) is 0.458. The first kappa shape index (κ1) is 8.26. The van der Waals surface area contributed by atoms with Crippen LogP contribution < -0.4 is 0 Å². The van der Waals surface area contributed by atoms with Crippen molar-refractivity contribution in [1.82, 2.24) is 0 Å². The molecule has 0 saturated carbocycles. The third kappa shape index (κ3) is 6.26. The van der Waals surface area contributed by atoms with Gasteiger partial charge in [0.2, 0.25) is 0 Å². The maximum Gasteiger partial charge on any atom is 0.264 e. The highest BCUT2D eigenvalue weighted by Gasteiger charge is 1.97. The molecular weight excluding hydrogens is 148 g/mol. The average Bonchev–Trinajstić information content (AvgIpc) is 1.59. The molecule has 0 N–H and O–H groups in total. The first-order valence-corrected chi connectivity index (χ1v) is 4.46. The van der Waals surface area contributed by atoms with Crippen LogP contribution in [0.25, 0.3) is 0 Å². The lowest BCUT2D eigenvalue weighted by Crippen LogP contribution is -2.04. The first-order chi connectivity index (χ1) is 3.56. The van der Waals surface area contributed by atoms with E-state index in [1.807, 2.05) is 0 Å². The van der Waals surface area contributed by atoms with Crippen LogP contribution in [0, 0.1) is 0 Å². The van der Waals surface area contributed by atoms with Gasteiger partial charge in [0.25, 0.3) is 10.1 Å². The summed E-state index contributed by atoms with van der Waals surface area (Å²) in [5.41, 5.74) is 0. The van der Waals surface area contributed by atoms with Gasteiger partial charge in [0.1, 0.15) is 0 Å². The standard InChI is InChI=1S/C3H8O3S2/c1-8(4,5)6-2-3-7/h7H,2-3H2,1H3. The maximum absolute atomic E-state index is 10.1. The fourth-order valence-electron chi connectivity index (χ4n) is 0.189. The maximum atomic E-state index is 10.1.